The molecule has 1 fully saturated rings. The maximum absolute atomic E-state index is 12.8. The first-order valence-electron chi connectivity index (χ1n) is 9.44. The SMILES string of the molecule is CCOC(=O)/C=C/[C@H](C[C@@H]1CCNC1=O)NC(=O)C1Cc2cc(Br)ccc2N1. The summed E-state index contributed by atoms with van der Waals surface area (Å²) in [5.41, 5.74) is 2.01. The van der Waals surface area contributed by atoms with E-state index in [1.165, 1.54) is 6.08 Å². The summed E-state index contributed by atoms with van der Waals surface area (Å²) in [6, 6.07) is 5.04. The van der Waals surface area contributed by atoms with Gasteiger partial charge in [-0.05, 0) is 43.5 Å². The number of hydrogen-bond acceptors (Lipinski definition) is 5. The van der Waals surface area contributed by atoms with Gasteiger partial charge in [-0.25, -0.2) is 4.79 Å². The lowest BCUT2D eigenvalue weighted by Gasteiger charge is -2.20. The van der Waals surface area contributed by atoms with Gasteiger partial charge in [-0.15, -0.1) is 0 Å². The van der Waals surface area contributed by atoms with Crippen LogP contribution in [0.1, 0.15) is 25.3 Å². The molecule has 1 unspecified atom stereocenters. The minimum Gasteiger partial charge on any atom is -0.463 e. The summed E-state index contributed by atoms with van der Waals surface area (Å²) in [7, 11) is 0. The first-order valence-corrected chi connectivity index (χ1v) is 10.2. The lowest BCUT2D eigenvalue weighted by Crippen LogP contribution is -2.44. The van der Waals surface area contributed by atoms with Crippen molar-refractivity contribution >= 4 is 39.4 Å². The molecule has 28 heavy (non-hydrogen) atoms. The molecule has 1 saturated heterocycles. The molecular formula is C20H24BrN3O4. The molecule has 0 saturated carbocycles. The van der Waals surface area contributed by atoms with Gasteiger partial charge in [0.2, 0.25) is 11.8 Å². The van der Waals surface area contributed by atoms with Crippen LogP contribution in [0.15, 0.2) is 34.8 Å². The molecule has 2 aliphatic heterocycles. The van der Waals surface area contributed by atoms with E-state index in [1.807, 2.05) is 18.2 Å². The lowest BCUT2D eigenvalue weighted by molar-refractivity contribution is -0.137. The van der Waals surface area contributed by atoms with E-state index in [-0.39, 0.29) is 30.4 Å². The molecule has 0 radical (unpaired) electrons. The molecule has 0 aliphatic carbocycles. The van der Waals surface area contributed by atoms with Gasteiger partial charge in [-0.2, -0.15) is 0 Å². The van der Waals surface area contributed by atoms with Crippen molar-refractivity contribution < 1.29 is 19.1 Å². The summed E-state index contributed by atoms with van der Waals surface area (Å²) in [6.45, 7) is 2.65. The van der Waals surface area contributed by atoms with Gasteiger partial charge in [-0.1, -0.05) is 22.0 Å². The molecular weight excluding hydrogens is 426 g/mol. The van der Waals surface area contributed by atoms with Gasteiger partial charge in [0, 0.05) is 41.2 Å². The molecule has 1 aromatic carbocycles. The van der Waals surface area contributed by atoms with E-state index in [4.69, 9.17) is 4.74 Å². The smallest absolute Gasteiger partial charge is 0.330 e. The number of anilines is 1. The highest BCUT2D eigenvalue weighted by Gasteiger charge is 2.31. The van der Waals surface area contributed by atoms with Crippen molar-refractivity contribution in [1.29, 1.82) is 0 Å². The highest BCUT2D eigenvalue weighted by Crippen LogP contribution is 2.29. The monoisotopic (exact) mass is 449 g/mol. The standard InChI is InChI=1S/C20H24BrN3O4/c1-2-28-18(25)6-4-15(10-12-7-8-22-19(12)26)23-20(27)17-11-13-9-14(21)3-5-16(13)24-17/h3-6,9,12,15,17,24H,2,7-8,10-11H2,1H3,(H,22,26)(H,23,27)/b6-4+/t12-,15+,17?/m0/s1. The fourth-order valence-electron chi connectivity index (χ4n) is 3.52. The van der Waals surface area contributed by atoms with E-state index < -0.39 is 12.0 Å². The van der Waals surface area contributed by atoms with Gasteiger partial charge in [0.05, 0.1) is 6.61 Å². The van der Waals surface area contributed by atoms with Crippen LogP contribution in [0.25, 0.3) is 0 Å². The first-order chi connectivity index (χ1) is 13.5. The second kappa shape index (κ2) is 9.23. The number of esters is 1. The molecule has 8 heteroatoms. The Morgan fingerprint density at radius 3 is 2.96 bits per heavy atom. The molecule has 7 nitrogen and oxygen atoms in total. The number of rotatable bonds is 7. The molecule has 0 aromatic heterocycles. The number of benzene rings is 1. The van der Waals surface area contributed by atoms with Crippen molar-refractivity contribution in [2.24, 2.45) is 5.92 Å². The fourth-order valence-corrected chi connectivity index (χ4v) is 3.93. The third-order valence-corrected chi connectivity index (χ3v) is 5.41. The van der Waals surface area contributed by atoms with Crippen LogP contribution in [-0.2, 0) is 25.5 Å². The molecule has 150 valence electrons. The third-order valence-electron chi connectivity index (χ3n) is 4.92. The quantitative estimate of drug-likeness (QED) is 0.436. The molecule has 3 N–H and O–H groups in total. The second-order valence-electron chi connectivity index (χ2n) is 6.94. The third kappa shape index (κ3) is 5.13. The van der Waals surface area contributed by atoms with Crippen LogP contribution in [0, 0.1) is 5.92 Å². The summed E-state index contributed by atoms with van der Waals surface area (Å²) in [6.07, 6.45) is 4.67. The highest BCUT2D eigenvalue weighted by atomic mass is 79.9. The maximum atomic E-state index is 12.8. The van der Waals surface area contributed by atoms with Crippen molar-refractivity contribution in [2.45, 2.75) is 38.3 Å². The molecule has 1 aromatic rings. The van der Waals surface area contributed by atoms with Gasteiger partial charge >= 0.3 is 5.97 Å². The zero-order valence-corrected chi connectivity index (χ0v) is 17.3. The minimum atomic E-state index is -0.464. The molecule has 3 atom stereocenters. The number of fused-ring (bicyclic) bond motifs is 1. The van der Waals surface area contributed by atoms with Crippen LogP contribution in [0.4, 0.5) is 5.69 Å². The lowest BCUT2D eigenvalue weighted by atomic mass is 9.97. The number of amides is 2. The highest BCUT2D eigenvalue weighted by molar-refractivity contribution is 9.10. The van der Waals surface area contributed by atoms with Crippen LogP contribution in [0.5, 0.6) is 0 Å². The van der Waals surface area contributed by atoms with Crippen LogP contribution >= 0.6 is 15.9 Å². The van der Waals surface area contributed by atoms with E-state index >= 15 is 0 Å². The summed E-state index contributed by atoms with van der Waals surface area (Å²) in [5.74, 6) is -0.819. The zero-order valence-electron chi connectivity index (χ0n) is 15.7. The van der Waals surface area contributed by atoms with Gasteiger partial charge in [0.15, 0.2) is 0 Å². The Hall–Kier alpha value is -2.35. The van der Waals surface area contributed by atoms with E-state index in [2.05, 4.69) is 31.9 Å². The van der Waals surface area contributed by atoms with Crippen molar-refractivity contribution in [3.8, 4) is 0 Å². The maximum Gasteiger partial charge on any atom is 0.330 e. The normalized spacial score (nSPS) is 21.7. The van der Waals surface area contributed by atoms with E-state index in [1.54, 1.807) is 13.0 Å². The fraction of sp³-hybridized carbons (Fsp3) is 0.450. The molecule has 2 heterocycles. The van der Waals surface area contributed by atoms with Crippen LogP contribution in [0.3, 0.4) is 0 Å². The number of ether oxygens (including phenoxy) is 1. The van der Waals surface area contributed by atoms with Crippen LogP contribution < -0.4 is 16.0 Å². The minimum absolute atomic E-state index is 0.0139. The Kier molecular flexibility index (Phi) is 6.72. The van der Waals surface area contributed by atoms with Gasteiger partial charge in [0.1, 0.15) is 6.04 Å². The molecule has 0 spiro atoms. The molecule has 3 rings (SSSR count). The van der Waals surface area contributed by atoms with Gasteiger partial charge in [0.25, 0.3) is 0 Å². The Balaban J connectivity index is 1.65. The number of halogens is 1. The Labute approximate surface area is 172 Å². The van der Waals surface area contributed by atoms with Crippen molar-refractivity contribution in [3.63, 3.8) is 0 Å². The second-order valence-corrected chi connectivity index (χ2v) is 7.86. The Bertz CT molecular complexity index is 796. The number of carbonyl (C=O) groups excluding carboxylic acids is 3. The van der Waals surface area contributed by atoms with Gasteiger partial charge < -0.3 is 20.7 Å². The Morgan fingerprint density at radius 1 is 1.43 bits per heavy atom. The van der Waals surface area contributed by atoms with E-state index in [0.717, 1.165) is 22.1 Å². The topological polar surface area (TPSA) is 96.5 Å². The van der Waals surface area contributed by atoms with Crippen molar-refractivity contribution in [1.82, 2.24) is 10.6 Å². The van der Waals surface area contributed by atoms with Crippen LogP contribution in [0.2, 0.25) is 0 Å². The molecule has 2 aliphatic rings. The number of hydrogen-bond donors (Lipinski definition) is 3. The molecule has 0 bridgehead atoms. The average molecular weight is 450 g/mol. The summed E-state index contributed by atoms with van der Waals surface area (Å²) < 4.78 is 5.88. The van der Waals surface area contributed by atoms with Crippen molar-refractivity contribution in [3.05, 3.63) is 40.4 Å². The van der Waals surface area contributed by atoms with Crippen LogP contribution in [-0.4, -0.2) is 43.0 Å². The summed E-state index contributed by atoms with van der Waals surface area (Å²) in [4.78, 5) is 36.4. The summed E-state index contributed by atoms with van der Waals surface area (Å²) >= 11 is 3.44. The largest absolute Gasteiger partial charge is 0.463 e. The zero-order chi connectivity index (χ0) is 20.1. The van der Waals surface area contributed by atoms with E-state index in [9.17, 15) is 14.4 Å². The number of nitrogens with one attached hydrogen (secondary N) is 3. The Morgan fingerprint density at radius 2 is 2.25 bits per heavy atom. The van der Waals surface area contributed by atoms with E-state index in [0.29, 0.717) is 19.4 Å². The van der Waals surface area contributed by atoms with Gasteiger partial charge in [-0.3, -0.25) is 9.59 Å². The molecule has 2 amide bonds. The first kappa shape index (κ1) is 20.4. The average Bonchev–Trinajstić information content (AvgIpc) is 3.25. The predicted octanol–water partition coefficient (Wildman–Crippen LogP) is 1.92. The predicted molar refractivity (Wildman–Crippen MR) is 109 cm³/mol. The summed E-state index contributed by atoms with van der Waals surface area (Å²) in [5, 5.41) is 8.99. The van der Waals surface area contributed by atoms with Crippen molar-refractivity contribution in [2.75, 3.05) is 18.5 Å². The number of carbonyl (C=O) groups is 3.